The summed E-state index contributed by atoms with van der Waals surface area (Å²) < 4.78 is 31.9. The topological polar surface area (TPSA) is 32.7 Å². The molecule has 0 aromatic heterocycles. The van der Waals surface area contributed by atoms with Gasteiger partial charge in [-0.15, -0.1) is 0 Å². The number of aliphatic hydroxyl groups is 1. The highest BCUT2D eigenvalue weighted by molar-refractivity contribution is 5.24. The van der Waals surface area contributed by atoms with Crippen molar-refractivity contribution in [3.8, 4) is 0 Å². The quantitative estimate of drug-likeness (QED) is 0.833. The zero-order valence-electron chi connectivity index (χ0n) is 10.7. The van der Waals surface area contributed by atoms with E-state index >= 15 is 0 Å². The molecule has 3 atom stereocenters. The number of hydrogen-bond acceptors (Lipinski definition) is 3. The fraction of sp³-hybridized carbons (Fsp3) is 0.538. The van der Waals surface area contributed by atoms with Crippen molar-refractivity contribution in [1.82, 2.24) is 4.90 Å². The largest absolute Gasteiger partial charge is 0.361 e. The molecule has 1 heterocycles. The molecule has 1 N–H and O–H groups in total. The van der Waals surface area contributed by atoms with E-state index in [-0.39, 0.29) is 11.6 Å². The smallest absolute Gasteiger partial charge is 0.208 e. The Morgan fingerprint density at radius 2 is 1.83 bits per heavy atom. The first-order valence-electron chi connectivity index (χ1n) is 5.89. The van der Waals surface area contributed by atoms with E-state index in [1.165, 1.54) is 0 Å². The molecule has 5 heteroatoms. The van der Waals surface area contributed by atoms with E-state index in [4.69, 9.17) is 4.74 Å². The van der Waals surface area contributed by atoms with Gasteiger partial charge in [-0.3, -0.25) is 4.90 Å². The second-order valence-electron chi connectivity index (χ2n) is 4.86. The first-order valence-corrected chi connectivity index (χ1v) is 5.89. The molecule has 0 saturated carbocycles. The van der Waals surface area contributed by atoms with Gasteiger partial charge in [0.25, 0.3) is 0 Å². The number of hydrogen-bond donors (Lipinski definition) is 1. The average Bonchev–Trinajstić information content (AvgIpc) is 2.30. The number of ether oxygens (including phenoxy) is 1. The molecule has 0 radical (unpaired) electrons. The Kier molecular flexibility index (Phi) is 3.40. The minimum Gasteiger partial charge on any atom is -0.361 e. The SMILES string of the molecule is CC1COC(O)(c2cc(F)cc(F)c2)C(C)N1C. The first kappa shape index (κ1) is 13.4. The summed E-state index contributed by atoms with van der Waals surface area (Å²) in [5, 5.41) is 10.6. The molecule has 1 aromatic carbocycles. The molecule has 0 bridgehead atoms. The highest BCUT2D eigenvalue weighted by Crippen LogP contribution is 2.34. The summed E-state index contributed by atoms with van der Waals surface area (Å²) in [6.07, 6.45) is 0. The Morgan fingerprint density at radius 1 is 1.28 bits per heavy atom. The van der Waals surface area contributed by atoms with Gasteiger partial charge in [0.1, 0.15) is 11.6 Å². The lowest BCUT2D eigenvalue weighted by Crippen LogP contribution is -2.58. The van der Waals surface area contributed by atoms with E-state index in [0.29, 0.717) is 6.61 Å². The van der Waals surface area contributed by atoms with Crippen molar-refractivity contribution in [3.05, 3.63) is 35.4 Å². The van der Waals surface area contributed by atoms with Crippen LogP contribution in [-0.4, -0.2) is 35.7 Å². The van der Waals surface area contributed by atoms with Crippen LogP contribution in [0.4, 0.5) is 8.78 Å². The number of likely N-dealkylation sites (N-methyl/N-ethyl adjacent to an activating group) is 1. The van der Waals surface area contributed by atoms with Crippen LogP contribution in [0.15, 0.2) is 18.2 Å². The van der Waals surface area contributed by atoms with E-state index in [1.807, 2.05) is 18.9 Å². The molecular formula is C13H17F2NO2. The fourth-order valence-corrected chi connectivity index (χ4v) is 2.23. The second-order valence-corrected chi connectivity index (χ2v) is 4.86. The molecule has 100 valence electrons. The zero-order chi connectivity index (χ0) is 13.5. The minimum absolute atomic E-state index is 0.103. The van der Waals surface area contributed by atoms with Crippen LogP contribution in [0.2, 0.25) is 0 Å². The average molecular weight is 257 g/mol. The summed E-state index contributed by atoms with van der Waals surface area (Å²) in [4.78, 5) is 1.92. The van der Waals surface area contributed by atoms with Crippen molar-refractivity contribution >= 4 is 0 Å². The number of nitrogens with zero attached hydrogens (tertiary/aromatic N) is 1. The zero-order valence-corrected chi connectivity index (χ0v) is 10.7. The molecule has 0 spiro atoms. The van der Waals surface area contributed by atoms with Crippen LogP contribution in [0.25, 0.3) is 0 Å². The van der Waals surface area contributed by atoms with E-state index in [9.17, 15) is 13.9 Å². The predicted octanol–water partition coefficient (Wildman–Crippen LogP) is 1.85. The van der Waals surface area contributed by atoms with Crippen molar-refractivity contribution < 1.29 is 18.6 Å². The number of rotatable bonds is 1. The fourth-order valence-electron chi connectivity index (χ4n) is 2.23. The van der Waals surface area contributed by atoms with E-state index < -0.39 is 23.5 Å². The molecule has 0 amide bonds. The Bertz CT molecular complexity index is 434. The maximum Gasteiger partial charge on any atom is 0.208 e. The van der Waals surface area contributed by atoms with Crippen molar-refractivity contribution in [1.29, 1.82) is 0 Å². The summed E-state index contributed by atoms with van der Waals surface area (Å²) in [5.74, 6) is -3.14. The molecule has 1 aromatic rings. The summed E-state index contributed by atoms with van der Waals surface area (Å²) in [5.41, 5.74) is 0.103. The number of morpholine rings is 1. The maximum absolute atomic E-state index is 13.2. The van der Waals surface area contributed by atoms with Gasteiger partial charge in [0, 0.05) is 17.7 Å². The van der Waals surface area contributed by atoms with Gasteiger partial charge in [0.2, 0.25) is 5.79 Å². The molecule has 1 aliphatic rings. The highest BCUT2D eigenvalue weighted by atomic mass is 19.1. The van der Waals surface area contributed by atoms with Gasteiger partial charge in [-0.2, -0.15) is 0 Å². The molecule has 2 rings (SSSR count). The van der Waals surface area contributed by atoms with Crippen LogP contribution in [0.5, 0.6) is 0 Å². The molecule has 3 unspecified atom stereocenters. The van der Waals surface area contributed by atoms with Crippen LogP contribution >= 0.6 is 0 Å². The lowest BCUT2D eigenvalue weighted by molar-refractivity contribution is -0.282. The minimum atomic E-state index is -1.69. The van der Waals surface area contributed by atoms with E-state index in [2.05, 4.69) is 0 Å². The molecule has 3 nitrogen and oxygen atoms in total. The van der Waals surface area contributed by atoms with Gasteiger partial charge in [-0.1, -0.05) is 0 Å². The second kappa shape index (κ2) is 4.57. The Balaban J connectivity index is 2.41. The molecule has 1 saturated heterocycles. The summed E-state index contributed by atoms with van der Waals surface area (Å²) in [6.45, 7) is 4.02. The number of halogens is 2. The number of benzene rings is 1. The van der Waals surface area contributed by atoms with Crippen molar-refractivity contribution in [3.63, 3.8) is 0 Å². The van der Waals surface area contributed by atoms with E-state index in [1.54, 1.807) is 6.92 Å². The lowest BCUT2D eigenvalue weighted by atomic mass is 9.95. The molecule has 0 aliphatic carbocycles. The van der Waals surface area contributed by atoms with Gasteiger partial charge in [-0.05, 0) is 33.0 Å². The predicted molar refractivity (Wildman–Crippen MR) is 62.9 cm³/mol. The Hall–Kier alpha value is -1.04. The van der Waals surface area contributed by atoms with Gasteiger partial charge in [0.05, 0.1) is 12.6 Å². The van der Waals surface area contributed by atoms with Crippen molar-refractivity contribution in [2.24, 2.45) is 0 Å². The van der Waals surface area contributed by atoms with Gasteiger partial charge in [0.15, 0.2) is 0 Å². The first-order chi connectivity index (χ1) is 8.34. The van der Waals surface area contributed by atoms with Gasteiger partial charge in [-0.25, -0.2) is 8.78 Å². The monoisotopic (exact) mass is 257 g/mol. The molecule has 1 fully saturated rings. The Labute approximate surface area is 105 Å². The van der Waals surface area contributed by atoms with Gasteiger partial charge < -0.3 is 9.84 Å². The molecule has 18 heavy (non-hydrogen) atoms. The summed E-state index contributed by atoms with van der Waals surface area (Å²) >= 11 is 0. The molecule has 1 aliphatic heterocycles. The van der Waals surface area contributed by atoms with Crippen LogP contribution < -0.4 is 0 Å². The third-order valence-electron chi connectivity index (χ3n) is 3.69. The summed E-state index contributed by atoms with van der Waals surface area (Å²) in [6, 6.07) is 2.71. The van der Waals surface area contributed by atoms with Crippen LogP contribution in [0.1, 0.15) is 19.4 Å². The van der Waals surface area contributed by atoms with Crippen LogP contribution in [0, 0.1) is 11.6 Å². The summed E-state index contributed by atoms with van der Waals surface area (Å²) in [7, 11) is 1.85. The highest BCUT2D eigenvalue weighted by Gasteiger charge is 2.44. The van der Waals surface area contributed by atoms with E-state index in [0.717, 1.165) is 18.2 Å². The maximum atomic E-state index is 13.2. The molecular weight excluding hydrogens is 240 g/mol. The van der Waals surface area contributed by atoms with Crippen molar-refractivity contribution in [2.45, 2.75) is 31.7 Å². The third kappa shape index (κ3) is 2.13. The van der Waals surface area contributed by atoms with Gasteiger partial charge >= 0.3 is 0 Å². The standard InChI is InChI=1S/C13H17F2NO2/c1-8-7-18-13(17,9(2)16(8)3)10-4-11(14)6-12(15)5-10/h4-6,8-9,17H,7H2,1-3H3. The Morgan fingerprint density at radius 3 is 2.39 bits per heavy atom. The van der Waals surface area contributed by atoms with Crippen LogP contribution in [0.3, 0.4) is 0 Å². The lowest BCUT2D eigenvalue weighted by Gasteiger charge is -2.46. The third-order valence-corrected chi connectivity index (χ3v) is 3.69. The normalized spacial score (nSPS) is 33.7. The van der Waals surface area contributed by atoms with Crippen LogP contribution in [-0.2, 0) is 10.5 Å². The van der Waals surface area contributed by atoms with Crippen molar-refractivity contribution in [2.75, 3.05) is 13.7 Å².